The van der Waals surface area contributed by atoms with E-state index >= 15 is 0 Å². The van der Waals surface area contributed by atoms with Crippen molar-refractivity contribution in [1.29, 1.82) is 0 Å². The van der Waals surface area contributed by atoms with E-state index < -0.39 is 31.1 Å². The maximum absolute atomic E-state index is 10.2. The van der Waals surface area contributed by atoms with Gasteiger partial charge in [-0.3, -0.25) is 4.57 Å². The average molecular weight is 389 g/mol. The lowest BCUT2D eigenvalue weighted by atomic mass is 10.1. The molecular formula is C17H19N5O6. The number of imidazole rings is 1. The Morgan fingerprint density at radius 3 is 2.50 bits per heavy atom. The first-order valence-corrected chi connectivity index (χ1v) is 8.55. The molecule has 148 valence electrons. The summed E-state index contributed by atoms with van der Waals surface area (Å²) in [5, 5.41) is 52.2. The number of phenols is 2. The summed E-state index contributed by atoms with van der Waals surface area (Å²) in [5.74, 6) is 0.225. The lowest BCUT2D eigenvalue weighted by molar-refractivity contribution is -0.0511. The van der Waals surface area contributed by atoms with Crippen LogP contribution in [0, 0.1) is 0 Å². The summed E-state index contributed by atoms with van der Waals surface area (Å²) in [6.45, 7) is -0.349. The highest BCUT2D eigenvalue weighted by molar-refractivity contribution is 5.82. The summed E-state index contributed by atoms with van der Waals surface area (Å²) in [4.78, 5) is 12.5. The Morgan fingerprint density at radius 2 is 1.82 bits per heavy atom. The maximum Gasteiger partial charge on any atom is 0.167 e. The minimum atomic E-state index is -1.26. The van der Waals surface area contributed by atoms with Crippen molar-refractivity contribution < 1.29 is 30.3 Å². The summed E-state index contributed by atoms with van der Waals surface area (Å²) < 4.78 is 6.96. The van der Waals surface area contributed by atoms with Crippen LogP contribution in [-0.4, -0.2) is 70.0 Å². The van der Waals surface area contributed by atoms with Crippen molar-refractivity contribution in [3.05, 3.63) is 36.4 Å². The van der Waals surface area contributed by atoms with Gasteiger partial charge >= 0.3 is 0 Å². The fraction of sp³-hybridized carbons (Fsp3) is 0.353. The Morgan fingerprint density at radius 1 is 1.07 bits per heavy atom. The number of aliphatic hydroxyl groups is 3. The van der Waals surface area contributed by atoms with Crippen LogP contribution < -0.4 is 5.32 Å². The summed E-state index contributed by atoms with van der Waals surface area (Å²) in [7, 11) is 0. The highest BCUT2D eigenvalue weighted by atomic mass is 16.6. The van der Waals surface area contributed by atoms with Gasteiger partial charge in [0.2, 0.25) is 0 Å². The third-order valence-electron chi connectivity index (χ3n) is 4.71. The second kappa shape index (κ2) is 7.20. The molecule has 0 bridgehead atoms. The number of anilines is 1. The van der Waals surface area contributed by atoms with Crippen molar-refractivity contribution in [2.45, 2.75) is 31.1 Å². The Labute approximate surface area is 158 Å². The number of fused-ring (bicyclic) bond motifs is 1. The minimum Gasteiger partial charge on any atom is -0.507 e. The SMILES string of the molecule is OC[C@H]1O[C@@H](n2cnc3c(NCc4c(O)cccc4O)ncnc32)[C@@H](O)[C@@H]1O. The van der Waals surface area contributed by atoms with Gasteiger partial charge < -0.3 is 35.6 Å². The molecule has 2 aromatic heterocycles. The van der Waals surface area contributed by atoms with Crippen LogP contribution in [-0.2, 0) is 11.3 Å². The molecule has 28 heavy (non-hydrogen) atoms. The van der Waals surface area contributed by atoms with Crippen molar-refractivity contribution >= 4 is 17.0 Å². The number of hydrogen-bond donors (Lipinski definition) is 6. The number of aromatic hydroxyl groups is 2. The fourth-order valence-electron chi connectivity index (χ4n) is 3.19. The Hall–Kier alpha value is -2.99. The molecule has 1 aromatic carbocycles. The zero-order valence-electron chi connectivity index (χ0n) is 14.5. The molecule has 0 spiro atoms. The number of benzene rings is 1. The van der Waals surface area contributed by atoms with E-state index in [1.165, 1.54) is 35.4 Å². The first kappa shape index (κ1) is 18.4. The lowest BCUT2D eigenvalue weighted by Crippen LogP contribution is -2.33. The third kappa shape index (κ3) is 2.99. The van der Waals surface area contributed by atoms with Crippen molar-refractivity contribution in [3.63, 3.8) is 0 Å². The maximum atomic E-state index is 10.2. The second-order valence-corrected chi connectivity index (χ2v) is 6.40. The highest BCUT2D eigenvalue weighted by Crippen LogP contribution is 2.32. The molecule has 11 heteroatoms. The molecule has 6 N–H and O–H groups in total. The van der Waals surface area contributed by atoms with Gasteiger partial charge in [-0.2, -0.15) is 0 Å². The van der Waals surface area contributed by atoms with Crippen LogP contribution in [0.5, 0.6) is 11.5 Å². The minimum absolute atomic E-state index is 0.0603. The topological polar surface area (TPSA) is 166 Å². The van der Waals surface area contributed by atoms with Gasteiger partial charge in [0.15, 0.2) is 23.2 Å². The normalized spacial score (nSPS) is 24.7. The van der Waals surface area contributed by atoms with Gasteiger partial charge in [-0.15, -0.1) is 0 Å². The molecule has 11 nitrogen and oxygen atoms in total. The molecule has 4 rings (SSSR count). The van der Waals surface area contributed by atoms with Gasteiger partial charge in [-0.1, -0.05) is 6.07 Å². The molecule has 1 saturated heterocycles. The Bertz CT molecular complexity index is 975. The molecule has 1 fully saturated rings. The summed E-state index contributed by atoms with van der Waals surface area (Å²) >= 11 is 0. The molecule has 4 atom stereocenters. The van der Waals surface area contributed by atoms with Crippen LogP contribution in [0.4, 0.5) is 5.82 Å². The van der Waals surface area contributed by atoms with Crippen LogP contribution in [0.1, 0.15) is 11.8 Å². The molecular weight excluding hydrogens is 370 g/mol. The highest BCUT2D eigenvalue weighted by Gasteiger charge is 2.44. The van der Waals surface area contributed by atoms with Crippen LogP contribution in [0.25, 0.3) is 11.2 Å². The van der Waals surface area contributed by atoms with Crippen LogP contribution in [0.2, 0.25) is 0 Å². The molecule has 3 heterocycles. The summed E-state index contributed by atoms with van der Waals surface area (Å²) in [6.07, 6.45) is -1.71. The number of ether oxygens (including phenoxy) is 1. The number of nitrogens with one attached hydrogen (secondary N) is 1. The number of aliphatic hydroxyl groups excluding tert-OH is 3. The van der Waals surface area contributed by atoms with E-state index in [4.69, 9.17) is 4.74 Å². The molecule has 0 amide bonds. The standard InChI is InChI=1S/C17H19N5O6/c23-5-11-13(26)14(27)17(28-11)22-7-21-12-15(19-6-20-16(12)22)18-4-8-9(24)2-1-3-10(8)25/h1-3,6-7,11,13-14,17,23-27H,4-5H2,(H,18,19,20)/t11-,13-,14+,17-/m1/s1. The van der Waals surface area contributed by atoms with Crippen LogP contribution >= 0.6 is 0 Å². The van der Waals surface area contributed by atoms with E-state index in [0.717, 1.165) is 0 Å². The van der Waals surface area contributed by atoms with Gasteiger partial charge in [-0.05, 0) is 12.1 Å². The number of rotatable bonds is 5. The first-order valence-electron chi connectivity index (χ1n) is 8.55. The largest absolute Gasteiger partial charge is 0.507 e. The molecule has 0 aliphatic carbocycles. The van der Waals surface area contributed by atoms with Gasteiger partial charge in [0.1, 0.15) is 36.1 Å². The number of phenolic OH excluding ortho intramolecular Hbond substituents is 2. The molecule has 0 unspecified atom stereocenters. The van der Waals surface area contributed by atoms with E-state index in [0.29, 0.717) is 22.5 Å². The van der Waals surface area contributed by atoms with E-state index in [1.54, 1.807) is 0 Å². The predicted molar refractivity (Wildman–Crippen MR) is 95.4 cm³/mol. The average Bonchev–Trinajstić information content (AvgIpc) is 3.23. The monoisotopic (exact) mass is 389 g/mol. The van der Waals surface area contributed by atoms with Crippen molar-refractivity contribution in [2.75, 3.05) is 11.9 Å². The van der Waals surface area contributed by atoms with E-state index in [-0.39, 0.29) is 18.0 Å². The van der Waals surface area contributed by atoms with Gasteiger partial charge in [-0.25, -0.2) is 15.0 Å². The van der Waals surface area contributed by atoms with Crippen LogP contribution in [0.3, 0.4) is 0 Å². The molecule has 3 aromatic rings. The summed E-state index contributed by atoms with van der Waals surface area (Å²) in [6, 6.07) is 4.45. The predicted octanol–water partition coefficient (Wildman–Crippen LogP) is -0.539. The van der Waals surface area contributed by atoms with E-state index in [2.05, 4.69) is 20.3 Å². The van der Waals surface area contributed by atoms with E-state index in [9.17, 15) is 25.5 Å². The number of aromatic nitrogens is 4. The van der Waals surface area contributed by atoms with Crippen molar-refractivity contribution in [3.8, 4) is 11.5 Å². The molecule has 1 aliphatic heterocycles. The first-order chi connectivity index (χ1) is 13.5. The summed E-state index contributed by atoms with van der Waals surface area (Å²) in [5.41, 5.74) is 1.01. The van der Waals surface area contributed by atoms with Gasteiger partial charge in [0.05, 0.1) is 18.5 Å². The Kier molecular flexibility index (Phi) is 4.73. The van der Waals surface area contributed by atoms with Crippen LogP contribution in [0.15, 0.2) is 30.9 Å². The molecule has 0 saturated carbocycles. The number of nitrogens with zero attached hydrogens (tertiary/aromatic N) is 4. The van der Waals surface area contributed by atoms with Crippen molar-refractivity contribution in [1.82, 2.24) is 19.5 Å². The molecule has 1 aliphatic rings. The van der Waals surface area contributed by atoms with Crippen molar-refractivity contribution in [2.24, 2.45) is 0 Å². The zero-order valence-corrected chi connectivity index (χ0v) is 14.5. The zero-order chi connectivity index (χ0) is 19.8. The molecule has 0 radical (unpaired) electrons. The fourth-order valence-corrected chi connectivity index (χ4v) is 3.19. The number of hydrogen-bond acceptors (Lipinski definition) is 10. The lowest BCUT2D eigenvalue weighted by Gasteiger charge is -2.16. The second-order valence-electron chi connectivity index (χ2n) is 6.40. The smallest absolute Gasteiger partial charge is 0.167 e. The Balaban J connectivity index is 1.62. The third-order valence-corrected chi connectivity index (χ3v) is 4.71. The van der Waals surface area contributed by atoms with E-state index in [1.807, 2.05) is 0 Å². The van der Waals surface area contributed by atoms with Gasteiger partial charge in [0, 0.05) is 6.54 Å². The quantitative estimate of drug-likeness (QED) is 0.334. The van der Waals surface area contributed by atoms with Gasteiger partial charge in [0.25, 0.3) is 0 Å².